The van der Waals surface area contributed by atoms with Gasteiger partial charge in [-0.2, -0.15) is 17.0 Å². The first-order chi connectivity index (χ1) is 12.0. The highest BCUT2D eigenvalue weighted by Crippen LogP contribution is 2.31. The molecule has 2 fully saturated rings. The smallest absolute Gasteiger partial charge is 0.281 e. The Morgan fingerprint density at radius 2 is 1.80 bits per heavy atom. The lowest BCUT2D eigenvalue weighted by molar-refractivity contribution is 0.245. The van der Waals surface area contributed by atoms with Gasteiger partial charge in [-0.1, -0.05) is 25.1 Å². The van der Waals surface area contributed by atoms with E-state index in [9.17, 15) is 8.42 Å². The van der Waals surface area contributed by atoms with E-state index in [1.807, 2.05) is 12.1 Å². The molecule has 4 rings (SSSR count). The number of hydrogen-bond donors (Lipinski definition) is 1. The SMILES string of the molecule is CC1CCN(S(=O)(=O)N2CCC[C@H](c3cc4ccccc4[nH]3)C2)CC1. The standard InChI is InChI=1S/C19H27N3O2S/c1-15-8-11-21(12-9-15)25(23,24)22-10-4-6-17(14-22)19-13-16-5-2-3-7-18(16)20-19/h2-3,5,7,13,15,17,20H,4,6,8-12,14H2,1H3/t17-/m0/s1. The largest absolute Gasteiger partial charge is 0.358 e. The molecule has 0 amide bonds. The van der Waals surface area contributed by atoms with Crippen LogP contribution in [0, 0.1) is 5.92 Å². The van der Waals surface area contributed by atoms with Crippen molar-refractivity contribution >= 4 is 21.1 Å². The quantitative estimate of drug-likeness (QED) is 0.912. The van der Waals surface area contributed by atoms with Crippen LogP contribution in [0.3, 0.4) is 0 Å². The van der Waals surface area contributed by atoms with Gasteiger partial charge in [-0.05, 0) is 49.1 Å². The van der Waals surface area contributed by atoms with Crippen molar-refractivity contribution in [3.63, 3.8) is 0 Å². The molecule has 25 heavy (non-hydrogen) atoms. The highest BCUT2D eigenvalue weighted by molar-refractivity contribution is 7.86. The van der Waals surface area contributed by atoms with Crippen LogP contribution in [-0.2, 0) is 10.2 Å². The number of fused-ring (bicyclic) bond motifs is 1. The molecule has 136 valence electrons. The van der Waals surface area contributed by atoms with Gasteiger partial charge in [0.25, 0.3) is 10.2 Å². The van der Waals surface area contributed by atoms with E-state index in [1.165, 1.54) is 5.39 Å². The molecule has 0 spiro atoms. The lowest BCUT2D eigenvalue weighted by Crippen LogP contribution is -2.49. The van der Waals surface area contributed by atoms with Crippen molar-refractivity contribution in [3.8, 4) is 0 Å². The summed E-state index contributed by atoms with van der Waals surface area (Å²) in [5.74, 6) is 0.881. The Kier molecular flexibility index (Phi) is 4.60. The zero-order chi connectivity index (χ0) is 17.4. The molecule has 5 nitrogen and oxygen atoms in total. The van der Waals surface area contributed by atoms with Crippen molar-refractivity contribution in [2.45, 2.75) is 38.5 Å². The first-order valence-corrected chi connectivity index (χ1v) is 10.8. The summed E-state index contributed by atoms with van der Waals surface area (Å²) in [6.07, 6.45) is 3.90. The van der Waals surface area contributed by atoms with Crippen LogP contribution in [0.2, 0.25) is 0 Å². The van der Waals surface area contributed by atoms with Crippen LogP contribution in [0.15, 0.2) is 30.3 Å². The molecule has 2 aliphatic heterocycles. The van der Waals surface area contributed by atoms with Gasteiger partial charge in [0.1, 0.15) is 0 Å². The Hall–Kier alpha value is -1.37. The van der Waals surface area contributed by atoms with Crippen molar-refractivity contribution in [1.29, 1.82) is 0 Å². The molecule has 0 radical (unpaired) electrons. The third-order valence-electron chi connectivity index (χ3n) is 5.77. The lowest BCUT2D eigenvalue weighted by Gasteiger charge is -2.37. The number of aromatic nitrogens is 1. The fraction of sp³-hybridized carbons (Fsp3) is 0.579. The summed E-state index contributed by atoms with van der Waals surface area (Å²) in [6, 6.07) is 10.4. The Bertz CT molecular complexity index is 804. The van der Waals surface area contributed by atoms with Crippen LogP contribution in [-0.4, -0.2) is 48.2 Å². The molecular formula is C19H27N3O2S. The Morgan fingerprint density at radius 1 is 1.04 bits per heavy atom. The fourth-order valence-electron chi connectivity index (χ4n) is 4.10. The summed E-state index contributed by atoms with van der Waals surface area (Å²) in [5.41, 5.74) is 2.29. The summed E-state index contributed by atoms with van der Waals surface area (Å²) in [7, 11) is -3.33. The van der Waals surface area contributed by atoms with Crippen molar-refractivity contribution < 1.29 is 8.42 Å². The number of para-hydroxylation sites is 1. The maximum Gasteiger partial charge on any atom is 0.281 e. The van der Waals surface area contributed by atoms with Crippen LogP contribution in [0.5, 0.6) is 0 Å². The van der Waals surface area contributed by atoms with Crippen LogP contribution >= 0.6 is 0 Å². The van der Waals surface area contributed by atoms with Crippen LogP contribution in [0.1, 0.15) is 44.2 Å². The maximum atomic E-state index is 13.0. The van der Waals surface area contributed by atoms with Gasteiger partial charge >= 0.3 is 0 Å². The molecule has 1 aromatic carbocycles. The minimum atomic E-state index is -3.33. The van der Waals surface area contributed by atoms with Crippen LogP contribution < -0.4 is 0 Å². The highest BCUT2D eigenvalue weighted by Gasteiger charge is 2.35. The van der Waals surface area contributed by atoms with E-state index >= 15 is 0 Å². The van der Waals surface area contributed by atoms with E-state index in [4.69, 9.17) is 0 Å². The number of rotatable bonds is 3. The molecule has 1 N–H and O–H groups in total. The Morgan fingerprint density at radius 3 is 2.56 bits per heavy atom. The van der Waals surface area contributed by atoms with Gasteiger partial charge in [-0.3, -0.25) is 0 Å². The molecule has 2 aliphatic rings. The average Bonchev–Trinajstić information content (AvgIpc) is 3.06. The van der Waals surface area contributed by atoms with Crippen molar-refractivity contribution in [3.05, 3.63) is 36.0 Å². The highest BCUT2D eigenvalue weighted by atomic mass is 32.2. The van der Waals surface area contributed by atoms with E-state index in [0.29, 0.717) is 32.1 Å². The van der Waals surface area contributed by atoms with E-state index < -0.39 is 10.2 Å². The van der Waals surface area contributed by atoms with Crippen molar-refractivity contribution in [1.82, 2.24) is 13.6 Å². The summed E-state index contributed by atoms with van der Waals surface area (Å²) >= 11 is 0. The van der Waals surface area contributed by atoms with E-state index in [-0.39, 0.29) is 5.92 Å². The van der Waals surface area contributed by atoms with Crippen molar-refractivity contribution in [2.75, 3.05) is 26.2 Å². The maximum absolute atomic E-state index is 13.0. The molecule has 0 unspecified atom stereocenters. The zero-order valence-corrected chi connectivity index (χ0v) is 15.6. The Labute approximate surface area is 150 Å². The predicted molar refractivity (Wildman–Crippen MR) is 101 cm³/mol. The minimum absolute atomic E-state index is 0.250. The average molecular weight is 362 g/mol. The van der Waals surface area contributed by atoms with Gasteiger partial charge in [0.15, 0.2) is 0 Å². The normalized spacial score (nSPS) is 24.8. The number of H-pyrrole nitrogens is 1. The van der Waals surface area contributed by atoms with Crippen molar-refractivity contribution in [2.24, 2.45) is 5.92 Å². The van der Waals surface area contributed by atoms with E-state index in [0.717, 1.165) is 36.9 Å². The number of aromatic amines is 1. The first kappa shape index (κ1) is 17.1. The van der Waals surface area contributed by atoms with Gasteiger partial charge in [0, 0.05) is 43.3 Å². The van der Waals surface area contributed by atoms with Gasteiger partial charge in [0.05, 0.1) is 0 Å². The van der Waals surface area contributed by atoms with E-state index in [1.54, 1.807) is 8.61 Å². The first-order valence-electron chi connectivity index (χ1n) is 9.37. The summed E-state index contributed by atoms with van der Waals surface area (Å²) in [5, 5.41) is 1.20. The lowest BCUT2D eigenvalue weighted by atomic mass is 9.96. The topological polar surface area (TPSA) is 56.4 Å². The minimum Gasteiger partial charge on any atom is -0.358 e. The van der Waals surface area contributed by atoms with Gasteiger partial charge in [0.2, 0.25) is 0 Å². The molecule has 0 bridgehead atoms. The second-order valence-corrected chi connectivity index (χ2v) is 9.53. The van der Waals surface area contributed by atoms with Gasteiger partial charge in [-0.25, -0.2) is 0 Å². The summed E-state index contributed by atoms with van der Waals surface area (Å²) < 4.78 is 29.5. The summed E-state index contributed by atoms with van der Waals surface area (Å²) in [4.78, 5) is 3.49. The van der Waals surface area contributed by atoms with Gasteiger partial charge in [-0.15, -0.1) is 0 Å². The molecule has 0 saturated carbocycles. The third kappa shape index (κ3) is 3.35. The molecule has 3 heterocycles. The molecule has 2 aromatic rings. The molecular weight excluding hydrogens is 334 g/mol. The summed E-state index contributed by atoms with van der Waals surface area (Å²) in [6.45, 7) is 4.76. The second kappa shape index (κ2) is 6.74. The number of piperidine rings is 2. The third-order valence-corrected chi connectivity index (χ3v) is 7.77. The Balaban J connectivity index is 1.52. The van der Waals surface area contributed by atoms with Gasteiger partial charge < -0.3 is 4.98 Å². The molecule has 0 aliphatic carbocycles. The monoisotopic (exact) mass is 361 g/mol. The number of nitrogens with one attached hydrogen (secondary N) is 1. The zero-order valence-electron chi connectivity index (χ0n) is 14.8. The molecule has 1 aromatic heterocycles. The predicted octanol–water partition coefficient (Wildman–Crippen LogP) is 3.32. The number of hydrogen-bond acceptors (Lipinski definition) is 2. The molecule has 2 saturated heterocycles. The number of benzene rings is 1. The fourth-order valence-corrected chi connectivity index (χ4v) is 5.83. The van der Waals surface area contributed by atoms with E-state index in [2.05, 4.69) is 30.1 Å². The van der Waals surface area contributed by atoms with Crippen LogP contribution in [0.4, 0.5) is 0 Å². The number of nitrogens with zero attached hydrogens (tertiary/aromatic N) is 2. The second-order valence-electron chi connectivity index (χ2n) is 7.60. The van der Waals surface area contributed by atoms with Crippen LogP contribution in [0.25, 0.3) is 10.9 Å². The molecule has 1 atom stereocenters. The molecule has 6 heteroatoms.